The number of aryl methyl sites for hydroxylation is 1. The topological polar surface area (TPSA) is 76.6 Å². The van der Waals surface area contributed by atoms with Gasteiger partial charge in [0, 0.05) is 6.42 Å². The van der Waals surface area contributed by atoms with E-state index in [4.69, 9.17) is 0 Å². The van der Waals surface area contributed by atoms with Crippen molar-refractivity contribution >= 4 is 16.0 Å². The van der Waals surface area contributed by atoms with Crippen LogP contribution >= 0.6 is 0 Å². The molecule has 0 amide bonds. The summed E-state index contributed by atoms with van der Waals surface area (Å²) in [4.78, 5) is 4.70. The van der Waals surface area contributed by atoms with E-state index in [1.165, 1.54) is 10.5 Å². The van der Waals surface area contributed by atoms with Crippen LogP contribution in [0.5, 0.6) is 0 Å². The van der Waals surface area contributed by atoms with Gasteiger partial charge < -0.3 is 0 Å². The van der Waals surface area contributed by atoms with Crippen LogP contribution in [0.25, 0.3) is 0 Å². The molecule has 132 valence electrons. The van der Waals surface area contributed by atoms with Crippen molar-refractivity contribution in [3.05, 3.63) is 65.7 Å². The second-order valence-corrected chi connectivity index (χ2v) is 7.92. The zero-order chi connectivity index (χ0) is 17.7. The summed E-state index contributed by atoms with van der Waals surface area (Å²) in [6, 6.07) is 17.1. The molecule has 0 aromatic heterocycles. The average molecular weight is 360 g/mol. The van der Waals surface area contributed by atoms with Gasteiger partial charge in [0.2, 0.25) is 0 Å². The smallest absolute Gasteiger partial charge is 0.276 e. The van der Waals surface area contributed by atoms with E-state index < -0.39 is 10.0 Å². The SMILES string of the molecule is Cc1ccc(S(=O)(=O)NC2=[NH+]C[NH+](CCc3ccccc3)CN2)cc1. The first kappa shape index (κ1) is 17.4. The molecule has 1 aliphatic heterocycles. The van der Waals surface area contributed by atoms with Gasteiger partial charge in [-0.3, -0.25) is 4.90 Å². The van der Waals surface area contributed by atoms with E-state index in [0.717, 1.165) is 18.5 Å². The summed E-state index contributed by atoms with van der Waals surface area (Å²) in [5.74, 6) is 0.434. The third-order valence-electron chi connectivity index (χ3n) is 4.21. The summed E-state index contributed by atoms with van der Waals surface area (Å²) < 4.78 is 27.3. The zero-order valence-corrected chi connectivity index (χ0v) is 15.1. The maximum absolute atomic E-state index is 12.4. The highest BCUT2D eigenvalue weighted by molar-refractivity contribution is 7.90. The van der Waals surface area contributed by atoms with Crippen LogP contribution in [-0.2, 0) is 16.4 Å². The van der Waals surface area contributed by atoms with Crippen LogP contribution < -0.4 is 19.9 Å². The Hall–Kier alpha value is -2.38. The fraction of sp³-hybridized carbons (Fsp3) is 0.278. The molecule has 0 bridgehead atoms. The molecular formula is C18H24N4O2S+2. The highest BCUT2D eigenvalue weighted by atomic mass is 32.2. The highest BCUT2D eigenvalue weighted by Crippen LogP contribution is 2.09. The lowest BCUT2D eigenvalue weighted by atomic mass is 10.1. The second-order valence-electron chi connectivity index (χ2n) is 6.24. The molecule has 2 aromatic rings. The lowest BCUT2D eigenvalue weighted by molar-refractivity contribution is -0.980. The van der Waals surface area contributed by atoms with Gasteiger partial charge in [0.15, 0.2) is 13.3 Å². The molecule has 0 aliphatic carbocycles. The maximum Gasteiger partial charge on any atom is 0.367 e. The summed E-state index contributed by atoms with van der Waals surface area (Å²) in [5.41, 5.74) is 2.34. The first-order valence-corrected chi connectivity index (χ1v) is 9.83. The Morgan fingerprint density at radius 3 is 2.48 bits per heavy atom. The van der Waals surface area contributed by atoms with Crippen LogP contribution in [0.4, 0.5) is 0 Å². The molecular weight excluding hydrogens is 336 g/mol. The van der Waals surface area contributed by atoms with Crippen molar-refractivity contribution in [2.45, 2.75) is 18.2 Å². The first-order chi connectivity index (χ1) is 12.0. The molecule has 0 saturated carbocycles. The minimum atomic E-state index is -3.57. The molecule has 4 N–H and O–H groups in total. The number of nitrogens with one attached hydrogen (secondary N) is 4. The quantitative estimate of drug-likeness (QED) is 0.516. The van der Waals surface area contributed by atoms with Crippen molar-refractivity contribution in [3.8, 4) is 0 Å². The molecule has 7 heteroatoms. The molecule has 3 rings (SSSR count). The number of sulfonamides is 1. The molecule has 1 heterocycles. The van der Waals surface area contributed by atoms with E-state index in [0.29, 0.717) is 19.3 Å². The van der Waals surface area contributed by atoms with Gasteiger partial charge in [-0.1, -0.05) is 48.0 Å². The molecule has 0 radical (unpaired) electrons. The predicted octanol–water partition coefficient (Wildman–Crippen LogP) is -1.64. The molecule has 0 fully saturated rings. The van der Waals surface area contributed by atoms with Crippen molar-refractivity contribution in [1.29, 1.82) is 0 Å². The van der Waals surface area contributed by atoms with Crippen molar-refractivity contribution in [1.82, 2.24) is 10.0 Å². The summed E-state index contributed by atoms with van der Waals surface area (Å²) in [6.07, 6.45) is 0.990. The molecule has 25 heavy (non-hydrogen) atoms. The van der Waals surface area contributed by atoms with Crippen LogP contribution in [0.2, 0.25) is 0 Å². The fourth-order valence-corrected chi connectivity index (χ4v) is 3.70. The summed E-state index contributed by atoms with van der Waals surface area (Å²) >= 11 is 0. The number of hydrogen-bond acceptors (Lipinski definition) is 3. The van der Waals surface area contributed by atoms with E-state index in [2.05, 4.69) is 27.2 Å². The molecule has 0 saturated heterocycles. The Balaban J connectivity index is 1.55. The monoisotopic (exact) mass is 360 g/mol. The standard InChI is InChI=1S/C18H22N4O2S/c1-15-7-9-17(10-8-15)25(23,24)21-18-19-13-22(14-20-18)12-11-16-5-3-2-4-6-16/h2-10H,11-14H2,1H3,(H2,19,20,21)/p+2. The largest absolute Gasteiger partial charge is 0.367 e. The third kappa shape index (κ3) is 4.80. The molecule has 1 aliphatic rings. The Morgan fingerprint density at radius 1 is 1.12 bits per heavy atom. The molecule has 1 unspecified atom stereocenters. The number of benzene rings is 2. The van der Waals surface area contributed by atoms with Crippen LogP contribution in [0, 0.1) is 6.92 Å². The van der Waals surface area contributed by atoms with Crippen molar-refractivity contribution in [3.63, 3.8) is 0 Å². The van der Waals surface area contributed by atoms with E-state index in [-0.39, 0.29) is 4.90 Å². The first-order valence-electron chi connectivity index (χ1n) is 8.34. The van der Waals surface area contributed by atoms with Gasteiger partial charge in [-0.15, -0.1) is 0 Å². The van der Waals surface area contributed by atoms with Crippen molar-refractivity contribution in [2.75, 3.05) is 19.9 Å². The summed E-state index contributed by atoms with van der Waals surface area (Å²) in [7, 11) is -3.57. The van der Waals surface area contributed by atoms with E-state index in [9.17, 15) is 8.42 Å². The van der Waals surface area contributed by atoms with Gasteiger partial charge >= 0.3 is 16.0 Å². The normalized spacial score (nSPS) is 17.5. The Bertz CT molecular complexity index is 833. The Morgan fingerprint density at radius 2 is 1.84 bits per heavy atom. The van der Waals surface area contributed by atoms with Crippen LogP contribution in [0.3, 0.4) is 0 Å². The zero-order valence-electron chi connectivity index (χ0n) is 14.2. The van der Waals surface area contributed by atoms with Gasteiger partial charge in [0.05, 0.1) is 6.54 Å². The van der Waals surface area contributed by atoms with Crippen LogP contribution in [0.15, 0.2) is 59.5 Å². The minimum Gasteiger partial charge on any atom is -0.276 e. The number of guanidine groups is 1. The molecule has 6 nitrogen and oxygen atoms in total. The van der Waals surface area contributed by atoms with E-state index in [1.807, 2.05) is 25.1 Å². The van der Waals surface area contributed by atoms with Gasteiger partial charge in [-0.25, -0.2) is 10.3 Å². The van der Waals surface area contributed by atoms with Crippen LogP contribution in [0.1, 0.15) is 11.1 Å². The fourth-order valence-electron chi connectivity index (χ4n) is 2.68. The lowest BCUT2D eigenvalue weighted by Gasteiger charge is -2.20. The average Bonchev–Trinajstić information content (AvgIpc) is 2.62. The van der Waals surface area contributed by atoms with Gasteiger partial charge in [0.25, 0.3) is 0 Å². The molecule has 2 aromatic carbocycles. The van der Waals surface area contributed by atoms with E-state index >= 15 is 0 Å². The number of quaternary nitrogens is 1. The van der Waals surface area contributed by atoms with Crippen LogP contribution in [-0.4, -0.2) is 34.3 Å². The summed E-state index contributed by atoms with van der Waals surface area (Å²) in [6.45, 7) is 4.24. The van der Waals surface area contributed by atoms with Gasteiger partial charge in [-0.2, -0.15) is 13.1 Å². The highest BCUT2D eigenvalue weighted by Gasteiger charge is 2.25. The Kier molecular flexibility index (Phi) is 5.35. The molecule has 0 spiro atoms. The summed E-state index contributed by atoms with van der Waals surface area (Å²) in [5, 5.41) is 3.12. The van der Waals surface area contributed by atoms with Gasteiger partial charge in [-0.05, 0) is 24.6 Å². The van der Waals surface area contributed by atoms with Crippen molar-refractivity contribution < 1.29 is 18.3 Å². The molecule has 1 atom stereocenters. The number of hydrogen-bond donors (Lipinski definition) is 4. The van der Waals surface area contributed by atoms with Gasteiger partial charge in [0.1, 0.15) is 4.90 Å². The van der Waals surface area contributed by atoms with Crippen molar-refractivity contribution in [2.24, 2.45) is 0 Å². The van der Waals surface area contributed by atoms with E-state index in [1.54, 1.807) is 24.3 Å². The maximum atomic E-state index is 12.4. The lowest BCUT2D eigenvalue weighted by Crippen LogP contribution is -3.24. The second kappa shape index (κ2) is 7.67. The third-order valence-corrected chi connectivity index (χ3v) is 5.57. The minimum absolute atomic E-state index is 0.257. The number of rotatable bonds is 5. The predicted molar refractivity (Wildman–Crippen MR) is 96.3 cm³/mol. The Labute approximate surface area is 148 Å².